The van der Waals surface area contributed by atoms with Crippen molar-refractivity contribution in [1.82, 2.24) is 20.5 Å². The van der Waals surface area contributed by atoms with E-state index in [2.05, 4.69) is 20.9 Å². The minimum absolute atomic E-state index is 0.113. The topological polar surface area (TPSA) is 103 Å². The standard InChI is InChI=1S/C27H27ClF3N5O3/c1-16(24(37)35-21-7-8-23(28)22(13-21)27(29,30)31)34-26(39)18-6-4-5-17(11-18)19-12-20(15-32-14-19)25(38)33-9-10-36(2)3/h4-8,11-16H,9-10H2,1-3H3,(H,33,38)(H,34,39)(H,35,37)/t16-/m0/s1. The molecule has 0 aliphatic rings. The van der Waals surface area contributed by atoms with Crippen molar-refractivity contribution in [2.24, 2.45) is 0 Å². The fraction of sp³-hybridized carbons (Fsp3) is 0.259. The average molecular weight is 562 g/mol. The summed E-state index contributed by atoms with van der Waals surface area (Å²) >= 11 is 5.61. The Morgan fingerprint density at radius 2 is 1.69 bits per heavy atom. The monoisotopic (exact) mass is 561 g/mol. The second-order valence-corrected chi connectivity index (χ2v) is 9.39. The quantitative estimate of drug-likeness (QED) is 0.358. The zero-order valence-corrected chi connectivity index (χ0v) is 22.2. The molecule has 0 unspecified atom stereocenters. The fourth-order valence-electron chi connectivity index (χ4n) is 3.47. The van der Waals surface area contributed by atoms with E-state index in [1.165, 1.54) is 19.2 Å². The summed E-state index contributed by atoms with van der Waals surface area (Å²) in [4.78, 5) is 43.9. The maximum absolute atomic E-state index is 13.1. The van der Waals surface area contributed by atoms with Gasteiger partial charge in [0.25, 0.3) is 11.8 Å². The number of benzene rings is 2. The van der Waals surface area contributed by atoms with Gasteiger partial charge in [0.1, 0.15) is 6.04 Å². The Morgan fingerprint density at radius 1 is 0.974 bits per heavy atom. The Morgan fingerprint density at radius 3 is 2.38 bits per heavy atom. The first-order valence-corrected chi connectivity index (χ1v) is 12.2. The van der Waals surface area contributed by atoms with Crippen LogP contribution in [0.4, 0.5) is 18.9 Å². The number of alkyl halides is 3. The van der Waals surface area contributed by atoms with Crippen molar-refractivity contribution in [2.45, 2.75) is 19.1 Å². The van der Waals surface area contributed by atoms with E-state index in [0.717, 1.165) is 12.1 Å². The summed E-state index contributed by atoms with van der Waals surface area (Å²) in [6.07, 6.45) is -1.68. The van der Waals surface area contributed by atoms with Crippen molar-refractivity contribution in [3.05, 3.63) is 82.6 Å². The lowest BCUT2D eigenvalue weighted by atomic mass is 10.0. The number of aromatic nitrogens is 1. The van der Waals surface area contributed by atoms with Gasteiger partial charge in [-0.05, 0) is 63.0 Å². The van der Waals surface area contributed by atoms with Gasteiger partial charge in [0.2, 0.25) is 5.91 Å². The Balaban J connectivity index is 1.67. The van der Waals surface area contributed by atoms with E-state index in [-0.39, 0.29) is 17.2 Å². The fourth-order valence-corrected chi connectivity index (χ4v) is 3.70. The first-order valence-electron chi connectivity index (χ1n) is 11.8. The lowest BCUT2D eigenvalue weighted by molar-refractivity contribution is -0.137. The van der Waals surface area contributed by atoms with Crippen LogP contribution in [-0.2, 0) is 11.0 Å². The predicted octanol–water partition coefficient (Wildman–Crippen LogP) is 4.47. The first-order chi connectivity index (χ1) is 18.3. The van der Waals surface area contributed by atoms with E-state index in [1.54, 1.807) is 36.5 Å². The van der Waals surface area contributed by atoms with Gasteiger partial charge in [0.05, 0.1) is 16.1 Å². The van der Waals surface area contributed by atoms with Crippen molar-refractivity contribution < 1.29 is 27.6 Å². The molecular formula is C27H27ClF3N5O3. The third-order valence-electron chi connectivity index (χ3n) is 5.58. The Labute approximate surface area is 228 Å². The molecule has 206 valence electrons. The van der Waals surface area contributed by atoms with E-state index in [1.807, 2.05) is 19.0 Å². The molecule has 0 bridgehead atoms. The molecule has 3 N–H and O–H groups in total. The van der Waals surface area contributed by atoms with Gasteiger partial charge < -0.3 is 20.9 Å². The molecule has 1 heterocycles. The zero-order valence-electron chi connectivity index (χ0n) is 21.4. The highest BCUT2D eigenvalue weighted by Crippen LogP contribution is 2.36. The molecule has 3 amide bonds. The van der Waals surface area contributed by atoms with Gasteiger partial charge in [-0.3, -0.25) is 19.4 Å². The van der Waals surface area contributed by atoms with Crippen LogP contribution in [0.2, 0.25) is 5.02 Å². The number of carbonyl (C=O) groups is 3. The van der Waals surface area contributed by atoms with E-state index >= 15 is 0 Å². The number of hydrogen-bond acceptors (Lipinski definition) is 5. The normalized spacial score (nSPS) is 12.1. The van der Waals surface area contributed by atoms with Crippen molar-refractivity contribution in [3.63, 3.8) is 0 Å². The second kappa shape index (κ2) is 12.7. The van der Waals surface area contributed by atoms with Gasteiger partial charge >= 0.3 is 6.18 Å². The minimum atomic E-state index is -4.69. The molecule has 3 rings (SSSR count). The third-order valence-corrected chi connectivity index (χ3v) is 5.91. The smallest absolute Gasteiger partial charge is 0.351 e. The maximum atomic E-state index is 13.1. The van der Waals surface area contributed by atoms with Gasteiger partial charge in [-0.2, -0.15) is 13.2 Å². The second-order valence-electron chi connectivity index (χ2n) is 8.98. The highest BCUT2D eigenvalue weighted by Gasteiger charge is 2.33. The van der Waals surface area contributed by atoms with E-state index in [9.17, 15) is 27.6 Å². The minimum Gasteiger partial charge on any atom is -0.351 e. The number of nitrogens with one attached hydrogen (secondary N) is 3. The number of carbonyl (C=O) groups excluding carboxylic acids is 3. The first kappa shape index (κ1) is 29.6. The summed E-state index contributed by atoms with van der Waals surface area (Å²) in [5.74, 6) is -1.56. The van der Waals surface area contributed by atoms with Crippen LogP contribution < -0.4 is 16.0 Å². The molecular weight excluding hydrogens is 535 g/mol. The zero-order chi connectivity index (χ0) is 28.7. The summed E-state index contributed by atoms with van der Waals surface area (Å²) in [6.45, 7) is 2.56. The molecule has 0 fully saturated rings. The number of amides is 3. The van der Waals surface area contributed by atoms with Gasteiger partial charge in [-0.25, -0.2) is 0 Å². The summed E-state index contributed by atoms with van der Waals surface area (Å²) < 4.78 is 39.3. The van der Waals surface area contributed by atoms with Crippen LogP contribution in [0.5, 0.6) is 0 Å². The van der Waals surface area contributed by atoms with Gasteiger partial charge in [0.15, 0.2) is 0 Å². The number of nitrogens with zero attached hydrogens (tertiary/aromatic N) is 2. The van der Waals surface area contributed by atoms with Crippen LogP contribution in [0.15, 0.2) is 60.9 Å². The number of rotatable bonds is 9. The third kappa shape index (κ3) is 8.26. The van der Waals surface area contributed by atoms with Crippen molar-refractivity contribution in [3.8, 4) is 11.1 Å². The summed E-state index contributed by atoms with van der Waals surface area (Å²) in [7, 11) is 3.80. The summed E-state index contributed by atoms with van der Waals surface area (Å²) in [5.41, 5.74) is 0.633. The van der Waals surface area contributed by atoms with Crippen molar-refractivity contribution in [2.75, 3.05) is 32.5 Å². The molecule has 0 aliphatic heterocycles. The molecule has 1 atom stereocenters. The summed E-state index contributed by atoms with van der Waals surface area (Å²) in [6, 6.07) is 10.1. The molecule has 0 spiro atoms. The van der Waals surface area contributed by atoms with E-state index in [0.29, 0.717) is 29.8 Å². The van der Waals surface area contributed by atoms with Crippen LogP contribution in [0, 0.1) is 0 Å². The van der Waals surface area contributed by atoms with Crippen LogP contribution >= 0.6 is 11.6 Å². The highest BCUT2D eigenvalue weighted by atomic mass is 35.5. The van der Waals surface area contributed by atoms with Gasteiger partial charge in [0, 0.05) is 42.3 Å². The molecule has 2 aromatic carbocycles. The molecule has 12 heteroatoms. The number of hydrogen-bond donors (Lipinski definition) is 3. The maximum Gasteiger partial charge on any atom is 0.417 e. The van der Waals surface area contributed by atoms with Crippen LogP contribution in [0.3, 0.4) is 0 Å². The molecule has 3 aromatic rings. The van der Waals surface area contributed by atoms with Crippen LogP contribution in [-0.4, -0.2) is 60.8 Å². The Bertz CT molecular complexity index is 1360. The Kier molecular flexibility index (Phi) is 9.66. The van der Waals surface area contributed by atoms with E-state index in [4.69, 9.17) is 11.6 Å². The van der Waals surface area contributed by atoms with Gasteiger partial charge in [-0.15, -0.1) is 0 Å². The number of pyridine rings is 1. The highest BCUT2D eigenvalue weighted by molar-refractivity contribution is 6.31. The number of likely N-dealkylation sites (N-methyl/N-ethyl adjacent to an activating group) is 1. The van der Waals surface area contributed by atoms with Gasteiger partial charge in [-0.1, -0.05) is 23.7 Å². The van der Waals surface area contributed by atoms with Crippen LogP contribution in [0.25, 0.3) is 11.1 Å². The molecule has 0 saturated carbocycles. The SMILES string of the molecule is C[C@H](NC(=O)c1cccc(-c2cncc(C(=O)NCCN(C)C)c2)c1)C(=O)Nc1ccc(Cl)c(C(F)(F)F)c1. The Hall–Kier alpha value is -3.96. The molecule has 0 aliphatic carbocycles. The molecule has 1 aromatic heterocycles. The lowest BCUT2D eigenvalue weighted by Crippen LogP contribution is -2.41. The van der Waals surface area contributed by atoms with Crippen LogP contribution in [0.1, 0.15) is 33.2 Å². The molecule has 0 radical (unpaired) electrons. The molecule has 8 nitrogen and oxygen atoms in total. The predicted molar refractivity (Wildman–Crippen MR) is 143 cm³/mol. The number of halogens is 4. The summed E-state index contributed by atoms with van der Waals surface area (Å²) in [5, 5.41) is 7.20. The average Bonchev–Trinajstić information content (AvgIpc) is 2.89. The number of anilines is 1. The van der Waals surface area contributed by atoms with Crippen molar-refractivity contribution in [1.29, 1.82) is 0 Å². The van der Waals surface area contributed by atoms with Crippen molar-refractivity contribution >= 4 is 35.0 Å². The largest absolute Gasteiger partial charge is 0.417 e. The molecule has 39 heavy (non-hydrogen) atoms. The molecule has 0 saturated heterocycles. The lowest BCUT2D eigenvalue weighted by Gasteiger charge is -2.16. The van der Waals surface area contributed by atoms with E-state index < -0.39 is 34.6 Å².